The average molecular weight is 197 g/mol. The van der Waals surface area contributed by atoms with Crippen LogP contribution in [0.4, 0.5) is 20.2 Å². The van der Waals surface area contributed by atoms with Gasteiger partial charge in [0.05, 0.1) is 23.5 Å². The first-order chi connectivity index (χ1) is 6.65. The third-order valence-corrected chi connectivity index (χ3v) is 1.67. The first-order valence-electron chi connectivity index (χ1n) is 3.95. The summed E-state index contributed by atoms with van der Waals surface area (Å²) in [5, 5.41) is 11.1. The molecule has 0 atom stereocenters. The van der Waals surface area contributed by atoms with Crippen LogP contribution in [-0.2, 0) is 0 Å². The van der Waals surface area contributed by atoms with E-state index in [1.807, 2.05) is 6.07 Å². The van der Waals surface area contributed by atoms with Gasteiger partial charge in [0.2, 0.25) is 0 Å². The summed E-state index contributed by atoms with van der Waals surface area (Å²) >= 11 is 0. The highest BCUT2D eigenvalue weighted by Crippen LogP contribution is 2.21. The van der Waals surface area contributed by atoms with E-state index in [-0.39, 0.29) is 11.3 Å². The topological polar surface area (TPSA) is 61.8 Å². The van der Waals surface area contributed by atoms with Crippen molar-refractivity contribution in [2.24, 2.45) is 0 Å². The molecule has 14 heavy (non-hydrogen) atoms. The lowest BCUT2D eigenvalue weighted by molar-refractivity contribution is 0.163. The van der Waals surface area contributed by atoms with Gasteiger partial charge in [0.15, 0.2) is 0 Å². The minimum Gasteiger partial charge on any atom is -0.396 e. The molecule has 0 radical (unpaired) electrons. The number of nitrogens with zero attached hydrogens (tertiary/aromatic N) is 1. The van der Waals surface area contributed by atoms with Gasteiger partial charge in [-0.05, 0) is 12.1 Å². The monoisotopic (exact) mass is 197 g/mol. The Labute approximate surface area is 80.1 Å². The number of para-hydroxylation sites is 1. The molecule has 0 amide bonds. The van der Waals surface area contributed by atoms with E-state index in [2.05, 4.69) is 5.32 Å². The number of anilines is 2. The number of nitrogens with two attached hydrogens (primary N) is 1. The third-order valence-electron chi connectivity index (χ3n) is 1.67. The molecule has 3 nitrogen and oxygen atoms in total. The Morgan fingerprint density at radius 3 is 2.79 bits per heavy atom. The largest absolute Gasteiger partial charge is 0.396 e. The van der Waals surface area contributed by atoms with Gasteiger partial charge in [-0.15, -0.1) is 0 Å². The van der Waals surface area contributed by atoms with Gasteiger partial charge in [0.25, 0.3) is 6.43 Å². The zero-order chi connectivity index (χ0) is 10.6. The number of halogens is 2. The maximum atomic E-state index is 11.9. The zero-order valence-corrected chi connectivity index (χ0v) is 7.30. The Hall–Kier alpha value is -1.83. The summed E-state index contributed by atoms with van der Waals surface area (Å²) in [6, 6.07) is 6.54. The predicted molar refractivity (Wildman–Crippen MR) is 50.1 cm³/mol. The molecule has 0 bridgehead atoms. The number of nitrogen functional groups attached to an aromatic ring is 1. The van der Waals surface area contributed by atoms with Crippen LogP contribution in [0.2, 0.25) is 0 Å². The first kappa shape index (κ1) is 10.3. The number of rotatable bonds is 3. The fourth-order valence-corrected chi connectivity index (χ4v) is 1.00. The first-order valence-corrected chi connectivity index (χ1v) is 3.95. The van der Waals surface area contributed by atoms with Crippen LogP contribution in [0.25, 0.3) is 0 Å². The van der Waals surface area contributed by atoms with Crippen LogP contribution < -0.4 is 11.1 Å². The molecule has 5 heteroatoms. The molecule has 0 spiro atoms. The molecule has 0 aromatic heterocycles. The van der Waals surface area contributed by atoms with E-state index in [1.54, 1.807) is 12.1 Å². The molecule has 3 N–H and O–H groups in total. The molecule has 0 aliphatic heterocycles. The van der Waals surface area contributed by atoms with Crippen LogP contribution in [0.15, 0.2) is 18.2 Å². The maximum Gasteiger partial charge on any atom is 0.255 e. The average Bonchev–Trinajstić information content (AvgIpc) is 2.16. The molecule has 0 heterocycles. The van der Waals surface area contributed by atoms with E-state index < -0.39 is 13.0 Å². The summed E-state index contributed by atoms with van der Waals surface area (Å²) in [5.41, 5.74) is 6.40. The molecule has 0 saturated heterocycles. The second kappa shape index (κ2) is 4.42. The molecule has 1 aromatic carbocycles. The molecule has 74 valence electrons. The van der Waals surface area contributed by atoms with Crippen LogP contribution in [0.3, 0.4) is 0 Å². The highest BCUT2D eigenvalue weighted by Gasteiger charge is 2.06. The van der Waals surface area contributed by atoms with Crippen molar-refractivity contribution in [2.75, 3.05) is 17.6 Å². The molecular weight excluding hydrogens is 188 g/mol. The summed E-state index contributed by atoms with van der Waals surface area (Å²) in [4.78, 5) is 0. The van der Waals surface area contributed by atoms with Gasteiger partial charge >= 0.3 is 0 Å². The van der Waals surface area contributed by atoms with Gasteiger partial charge in [-0.2, -0.15) is 5.26 Å². The fourth-order valence-electron chi connectivity index (χ4n) is 1.00. The number of hydrogen-bond acceptors (Lipinski definition) is 3. The molecule has 0 aliphatic rings. The van der Waals surface area contributed by atoms with Crippen LogP contribution >= 0.6 is 0 Å². The van der Waals surface area contributed by atoms with Gasteiger partial charge in [0, 0.05) is 0 Å². The summed E-state index contributed by atoms with van der Waals surface area (Å²) in [5.74, 6) is 0. The summed E-state index contributed by atoms with van der Waals surface area (Å²) in [6.07, 6.45) is -2.44. The SMILES string of the molecule is N#Cc1cccc(NCC(F)F)c1N. The standard InChI is InChI=1S/C9H9F2N3/c10-8(11)5-14-7-3-1-2-6(4-12)9(7)13/h1-3,8,14H,5,13H2. The van der Waals surface area contributed by atoms with Gasteiger partial charge in [-0.25, -0.2) is 8.78 Å². The van der Waals surface area contributed by atoms with Crippen molar-refractivity contribution in [2.45, 2.75) is 6.43 Å². The smallest absolute Gasteiger partial charge is 0.255 e. The van der Waals surface area contributed by atoms with Crippen molar-refractivity contribution >= 4 is 11.4 Å². The lowest BCUT2D eigenvalue weighted by Crippen LogP contribution is -2.11. The summed E-state index contributed by atoms with van der Waals surface area (Å²) in [6.45, 7) is -0.473. The minimum atomic E-state index is -2.44. The molecule has 0 saturated carbocycles. The molecule has 1 aromatic rings. The highest BCUT2D eigenvalue weighted by atomic mass is 19.3. The van der Waals surface area contributed by atoms with E-state index in [1.165, 1.54) is 6.07 Å². The molecule has 0 aliphatic carbocycles. The van der Waals surface area contributed by atoms with E-state index in [0.717, 1.165) is 0 Å². The van der Waals surface area contributed by atoms with Gasteiger partial charge in [-0.1, -0.05) is 6.07 Å². The van der Waals surface area contributed by atoms with Gasteiger partial charge in [0.1, 0.15) is 6.07 Å². The zero-order valence-electron chi connectivity index (χ0n) is 7.30. The van der Waals surface area contributed by atoms with E-state index in [9.17, 15) is 8.78 Å². The quantitative estimate of drug-likeness (QED) is 0.726. The maximum absolute atomic E-state index is 11.9. The normalized spacial score (nSPS) is 9.86. The number of nitriles is 1. The Kier molecular flexibility index (Phi) is 3.24. The molecule has 0 fully saturated rings. The lowest BCUT2D eigenvalue weighted by Gasteiger charge is -2.09. The minimum absolute atomic E-state index is 0.204. The van der Waals surface area contributed by atoms with Gasteiger partial charge < -0.3 is 11.1 Å². The van der Waals surface area contributed by atoms with Crippen LogP contribution in [0.5, 0.6) is 0 Å². The highest BCUT2D eigenvalue weighted by molar-refractivity contribution is 5.72. The van der Waals surface area contributed by atoms with Crippen LogP contribution in [0, 0.1) is 11.3 Å². The van der Waals surface area contributed by atoms with Crippen LogP contribution in [-0.4, -0.2) is 13.0 Å². The van der Waals surface area contributed by atoms with Crippen molar-refractivity contribution in [3.05, 3.63) is 23.8 Å². The summed E-state index contributed by atoms with van der Waals surface area (Å²) in [7, 11) is 0. The Morgan fingerprint density at radius 1 is 1.50 bits per heavy atom. The van der Waals surface area contributed by atoms with Crippen molar-refractivity contribution in [3.8, 4) is 6.07 Å². The second-order valence-corrected chi connectivity index (χ2v) is 2.65. The van der Waals surface area contributed by atoms with E-state index in [0.29, 0.717) is 5.69 Å². The van der Waals surface area contributed by atoms with Crippen LogP contribution in [0.1, 0.15) is 5.56 Å². The summed E-state index contributed by atoms with van der Waals surface area (Å²) < 4.78 is 23.7. The Morgan fingerprint density at radius 2 is 2.21 bits per heavy atom. The lowest BCUT2D eigenvalue weighted by atomic mass is 10.1. The molecule has 0 unspecified atom stereocenters. The van der Waals surface area contributed by atoms with Gasteiger partial charge in [-0.3, -0.25) is 0 Å². The second-order valence-electron chi connectivity index (χ2n) is 2.65. The number of nitrogens with one attached hydrogen (secondary N) is 1. The van der Waals surface area contributed by atoms with E-state index in [4.69, 9.17) is 11.0 Å². The predicted octanol–water partition coefficient (Wildman–Crippen LogP) is 1.82. The van der Waals surface area contributed by atoms with Crippen molar-refractivity contribution in [3.63, 3.8) is 0 Å². The fraction of sp³-hybridized carbons (Fsp3) is 0.222. The third kappa shape index (κ3) is 2.33. The molecular formula is C9H9F2N3. The van der Waals surface area contributed by atoms with Crippen molar-refractivity contribution in [1.82, 2.24) is 0 Å². The van der Waals surface area contributed by atoms with Crippen molar-refractivity contribution in [1.29, 1.82) is 5.26 Å². The number of benzene rings is 1. The van der Waals surface area contributed by atoms with E-state index >= 15 is 0 Å². The number of alkyl halides is 2. The van der Waals surface area contributed by atoms with Crippen molar-refractivity contribution < 1.29 is 8.78 Å². The Balaban J connectivity index is 2.83. The molecule has 1 rings (SSSR count). The Bertz CT molecular complexity index is 358. The number of hydrogen-bond donors (Lipinski definition) is 2.